The van der Waals surface area contributed by atoms with E-state index >= 15 is 0 Å². The zero-order valence-electron chi connectivity index (χ0n) is 60.8. The van der Waals surface area contributed by atoms with Crippen molar-refractivity contribution < 1.29 is 60.7 Å². The summed E-state index contributed by atoms with van der Waals surface area (Å²) in [6, 6.07) is 16.0. The summed E-state index contributed by atoms with van der Waals surface area (Å²) in [5.41, 5.74) is 22.7. The molecule has 570 valence electrons. The van der Waals surface area contributed by atoms with E-state index in [1.54, 1.807) is 0 Å². The number of rotatable bonds is 31. The van der Waals surface area contributed by atoms with Gasteiger partial charge in [0.05, 0.1) is 44.1 Å². The highest BCUT2D eigenvalue weighted by Gasteiger charge is 2.43. The number of unbranched alkanes of at least 4 members (excludes halogenated alkanes) is 4. The van der Waals surface area contributed by atoms with Crippen LogP contribution in [0.5, 0.6) is 5.75 Å². The molecule has 2 saturated heterocycles. The minimum absolute atomic E-state index is 0.00701. The number of hydrogen-bond donors (Lipinski definition) is 5. The van der Waals surface area contributed by atoms with E-state index in [2.05, 4.69) is 77.0 Å². The van der Waals surface area contributed by atoms with Crippen LogP contribution < -0.4 is 32.6 Å². The Labute approximate surface area is 632 Å². The first-order valence-electron chi connectivity index (χ1n) is 36.8. The van der Waals surface area contributed by atoms with Gasteiger partial charge in [0.15, 0.2) is 23.3 Å². The molecule has 11 rings (SSSR count). The molecule has 0 spiro atoms. The number of thioether (sulfide) groups is 2. The summed E-state index contributed by atoms with van der Waals surface area (Å²) in [6.45, 7) is 12.2. The Bertz CT molecular complexity index is 4160. The lowest BCUT2D eigenvalue weighted by Gasteiger charge is -2.30. The van der Waals surface area contributed by atoms with Crippen LogP contribution in [0.15, 0.2) is 54.6 Å². The number of carbonyl (C=O) groups excluding carboxylic acids is 8. The zero-order valence-corrected chi connectivity index (χ0v) is 64.6. The van der Waals surface area contributed by atoms with Crippen LogP contribution in [-0.4, -0.2) is 146 Å². The SMILES string of the molecule is CCCCc1nc2c(N)nc3ccccc3c2n1CCCCNC(=O)C1CCC(CN2C(=O)CC(SCC(=O)CCC)C2=O)CC1.CCCCc1nc2c(N)nc3ccccc3c2n1CCCCNC(=O)C1CCC(CN2C(=O)CC(SCC(=O)Oc3c(F)c(F)cc(F)c3F)C2=O)CC1.CCN.CI. The number of nitrogens with zero attached hydrogens (tertiary/aromatic N) is 8. The van der Waals surface area contributed by atoms with E-state index in [1.807, 2.05) is 61.2 Å². The smallest absolute Gasteiger partial charge is 0.321 e. The molecule has 29 heteroatoms. The summed E-state index contributed by atoms with van der Waals surface area (Å²) in [5.74, 6) is -8.27. The number of esters is 1. The average molecular weight is 1610 g/mol. The second-order valence-electron chi connectivity index (χ2n) is 27.1. The van der Waals surface area contributed by atoms with Crippen molar-refractivity contribution in [3.05, 3.63) is 89.5 Å². The van der Waals surface area contributed by atoms with Crippen molar-refractivity contribution in [1.82, 2.24) is 49.5 Å². The van der Waals surface area contributed by atoms with E-state index < -0.39 is 63.1 Å². The Morgan fingerprint density at radius 3 is 1.39 bits per heavy atom. The van der Waals surface area contributed by atoms with Gasteiger partial charge in [-0.15, -0.1) is 23.5 Å². The molecule has 2 aliphatic heterocycles. The van der Waals surface area contributed by atoms with Crippen LogP contribution in [0.25, 0.3) is 43.9 Å². The van der Waals surface area contributed by atoms with E-state index in [9.17, 15) is 55.9 Å². The van der Waals surface area contributed by atoms with E-state index in [0.29, 0.717) is 63.4 Å². The summed E-state index contributed by atoms with van der Waals surface area (Å²) in [4.78, 5) is 125. The van der Waals surface area contributed by atoms with Gasteiger partial charge in [-0.3, -0.25) is 48.2 Å². The monoisotopic (exact) mass is 1610 g/mol. The molecule has 8 N–H and O–H groups in total. The second-order valence-corrected chi connectivity index (χ2v) is 29.5. The number of hydrogen-bond acceptors (Lipinski definition) is 18. The maximum Gasteiger partial charge on any atom is 0.321 e. The molecule has 0 bridgehead atoms. The van der Waals surface area contributed by atoms with Crippen molar-refractivity contribution >= 4 is 149 Å². The normalized spacial score (nSPS) is 18.8. The fourth-order valence-electron chi connectivity index (χ4n) is 14.0. The van der Waals surface area contributed by atoms with Gasteiger partial charge < -0.3 is 41.7 Å². The van der Waals surface area contributed by atoms with Gasteiger partial charge in [-0.05, 0) is 132 Å². The number of nitrogens with two attached hydrogens (primary N) is 3. The number of pyridine rings is 2. The highest BCUT2D eigenvalue weighted by Crippen LogP contribution is 2.37. The highest BCUT2D eigenvalue weighted by molar-refractivity contribution is 14.1. The van der Waals surface area contributed by atoms with Gasteiger partial charge in [-0.25, -0.2) is 28.7 Å². The van der Waals surface area contributed by atoms with E-state index in [0.717, 1.165) is 188 Å². The van der Waals surface area contributed by atoms with Crippen LogP contribution in [-0.2, 0) is 64.3 Å². The van der Waals surface area contributed by atoms with Crippen LogP contribution in [0.2, 0.25) is 0 Å². The van der Waals surface area contributed by atoms with Gasteiger partial charge >= 0.3 is 5.97 Å². The molecule has 3 aromatic carbocycles. The standard InChI is InChI=1S/C38H42F4N6O5S.C35H48N6O4S.C2H7N.CH3I/c1-2-3-10-28-46-33-34(23-8-4-5-9-26(23)45-36(33)43)47(28)16-7-6-15-44-37(51)22-13-11-21(12-14-22)19-48-29(49)18-27(38(48)52)54-20-30(50)53-35-31(41)24(39)17-25(40)32(35)42;1-3-5-13-29-39-31-32(26-11-6-7-12-27(26)38-33(31)36)40(29)19-9-8-18-37-34(44)24-16-14-23(15-17-24)21-41-30(43)20-28(35(41)45)46-22-25(42)10-4-2;1-2-3;1-2/h4-5,8-9,17,21-22,27H,2-3,6-7,10-16,18-20H2,1H3,(H2,43,45)(H,44,51);6-7,11-12,23-24,28H,3-5,8-10,13-22H2,1-2H3,(H2,36,38)(H,37,44);2-3H2,1H3;1H3. The number of carbonyl (C=O) groups is 8. The summed E-state index contributed by atoms with van der Waals surface area (Å²) < 4.78 is 63.6. The van der Waals surface area contributed by atoms with Crippen LogP contribution in [0.4, 0.5) is 29.2 Å². The highest BCUT2D eigenvalue weighted by atomic mass is 127. The fourth-order valence-corrected chi connectivity index (χ4v) is 16.0. The Morgan fingerprint density at radius 2 is 0.981 bits per heavy atom. The first-order chi connectivity index (χ1) is 50.7. The van der Waals surface area contributed by atoms with Crippen molar-refractivity contribution in [2.75, 3.05) is 60.6 Å². The van der Waals surface area contributed by atoms with Gasteiger partial charge in [0.25, 0.3) is 0 Å². The van der Waals surface area contributed by atoms with Crippen LogP contribution in [0.1, 0.15) is 168 Å². The number of fused-ring (bicyclic) bond motifs is 6. The molecule has 4 aliphatic rings. The molecule has 4 fully saturated rings. The Hall–Kier alpha value is -7.51. The fraction of sp³-hybridized carbons (Fsp3) is 0.553. The van der Waals surface area contributed by atoms with Gasteiger partial charge in [-0.1, -0.05) is 99.5 Å². The Morgan fingerprint density at radius 1 is 0.571 bits per heavy atom. The Balaban J connectivity index is 0.000000253. The third kappa shape index (κ3) is 21.6. The van der Waals surface area contributed by atoms with Crippen molar-refractivity contribution in [2.45, 2.75) is 193 Å². The number of imidazole rings is 2. The minimum Gasteiger partial charge on any atom is -0.419 e. The van der Waals surface area contributed by atoms with Crippen LogP contribution in [0.3, 0.4) is 0 Å². The second kappa shape index (κ2) is 41.0. The van der Waals surface area contributed by atoms with E-state index in [1.165, 1.54) is 16.7 Å². The third-order valence-corrected chi connectivity index (χ3v) is 21.9. The van der Waals surface area contributed by atoms with Crippen molar-refractivity contribution in [3.8, 4) is 5.75 Å². The lowest BCUT2D eigenvalue weighted by molar-refractivity contribution is -0.140. The number of anilines is 2. The Kier molecular flexibility index (Phi) is 32.5. The van der Waals surface area contributed by atoms with Crippen molar-refractivity contribution in [2.24, 2.45) is 29.4 Å². The predicted molar refractivity (Wildman–Crippen MR) is 413 cm³/mol. The minimum atomic E-state index is -1.86. The predicted octanol–water partition coefficient (Wildman–Crippen LogP) is 12.7. The lowest BCUT2D eigenvalue weighted by Crippen LogP contribution is -2.39. The number of alkyl halides is 1. The summed E-state index contributed by atoms with van der Waals surface area (Å²) in [7, 11) is 0. The molecule has 6 heterocycles. The van der Waals surface area contributed by atoms with Gasteiger partial charge in [0.2, 0.25) is 52.8 Å². The maximum atomic E-state index is 13.9. The number of nitrogen functional groups attached to an aromatic ring is 2. The van der Waals surface area contributed by atoms with Crippen LogP contribution in [0, 0.1) is 46.9 Å². The number of amides is 6. The molecule has 2 aliphatic carbocycles. The molecule has 2 saturated carbocycles. The topological polar surface area (TPSA) is 316 Å². The first-order valence-corrected chi connectivity index (χ1v) is 41.1. The molecule has 4 aromatic heterocycles. The van der Waals surface area contributed by atoms with Gasteiger partial charge in [0, 0.05) is 100 Å². The molecule has 2 unspecified atom stereocenters. The number of ketones is 1. The number of aryl methyl sites for hydroxylation is 4. The van der Waals surface area contributed by atoms with Crippen molar-refractivity contribution in [1.29, 1.82) is 0 Å². The number of imide groups is 2. The van der Waals surface area contributed by atoms with E-state index in [4.69, 9.17) is 27.2 Å². The number of ether oxygens (including phenoxy) is 1. The molecule has 22 nitrogen and oxygen atoms in total. The third-order valence-electron chi connectivity index (χ3n) is 19.5. The number of Topliss-reactive ketones (excluding diaryl/α,β-unsaturated/α-hetero) is 1. The maximum absolute atomic E-state index is 13.9. The molecule has 0 radical (unpaired) electrons. The summed E-state index contributed by atoms with van der Waals surface area (Å²) >= 11 is 4.20. The number of para-hydroxylation sites is 2. The van der Waals surface area contributed by atoms with Gasteiger partial charge in [0.1, 0.15) is 28.5 Å². The molecular formula is C76H100F4IN13O9S2. The molecule has 6 amide bonds. The largest absolute Gasteiger partial charge is 0.419 e. The summed E-state index contributed by atoms with van der Waals surface area (Å²) in [6.07, 6.45) is 16.3. The van der Waals surface area contributed by atoms with E-state index in [-0.39, 0.29) is 84.3 Å². The van der Waals surface area contributed by atoms with Gasteiger partial charge in [-0.2, -0.15) is 8.78 Å². The first kappa shape index (κ1) is 83.1. The lowest BCUT2D eigenvalue weighted by atomic mass is 9.81. The zero-order chi connectivity index (χ0) is 75.9. The number of nitrogens with one attached hydrogen (secondary N) is 2. The number of benzene rings is 3. The average Bonchev–Trinajstić information content (AvgIpc) is 1.63. The van der Waals surface area contributed by atoms with Crippen molar-refractivity contribution in [3.63, 3.8) is 0 Å². The molecule has 105 heavy (non-hydrogen) atoms. The molecule has 7 aromatic rings. The quantitative estimate of drug-likeness (QED) is 0.00394. The summed E-state index contributed by atoms with van der Waals surface area (Å²) in [5, 5.41) is 6.94. The number of likely N-dealkylation sites (tertiary alicyclic amines) is 2. The number of halogens is 5. The van der Waals surface area contributed by atoms with Crippen LogP contribution >= 0.6 is 46.1 Å². The molecular weight excluding hydrogens is 1510 g/mol. The molecule has 2 atom stereocenters. The number of aromatic nitrogens is 6.